The molecule has 0 saturated heterocycles. The molecule has 2 rings (SSSR count). The molecule has 1 aromatic carbocycles. The fraction of sp³-hybridized carbons (Fsp3) is 0.0909. The van der Waals surface area contributed by atoms with Gasteiger partial charge in [0.2, 0.25) is 0 Å². The molecule has 0 spiro atoms. The van der Waals surface area contributed by atoms with Crippen molar-refractivity contribution in [2.75, 3.05) is 4.72 Å². The Morgan fingerprint density at radius 2 is 2.11 bits per heavy atom. The number of rotatable bonds is 4. The van der Waals surface area contributed by atoms with Crippen LogP contribution >= 0.6 is 38.9 Å². The van der Waals surface area contributed by atoms with Crippen molar-refractivity contribution in [2.24, 2.45) is 5.73 Å². The monoisotopic (exact) mass is 380 g/mol. The molecule has 0 aliphatic heterocycles. The van der Waals surface area contributed by atoms with E-state index in [9.17, 15) is 8.42 Å². The lowest BCUT2D eigenvalue weighted by atomic mass is 10.3. The van der Waals surface area contributed by atoms with Crippen LogP contribution in [0.15, 0.2) is 39.0 Å². The van der Waals surface area contributed by atoms with Crippen molar-refractivity contribution in [3.8, 4) is 0 Å². The second-order valence-electron chi connectivity index (χ2n) is 3.65. The summed E-state index contributed by atoms with van der Waals surface area (Å²) in [4.78, 5) is 0.839. The van der Waals surface area contributed by atoms with Crippen LogP contribution in [0.25, 0.3) is 0 Å². The predicted molar refractivity (Wildman–Crippen MR) is 82.2 cm³/mol. The van der Waals surface area contributed by atoms with E-state index in [1.165, 1.54) is 11.3 Å². The lowest BCUT2D eigenvalue weighted by Crippen LogP contribution is -2.14. The second kappa shape index (κ2) is 5.80. The van der Waals surface area contributed by atoms with Crippen LogP contribution in [0.4, 0.5) is 5.69 Å². The Hall–Kier alpha value is -0.600. The van der Waals surface area contributed by atoms with Crippen LogP contribution in [0, 0.1) is 0 Å². The van der Waals surface area contributed by atoms with Crippen LogP contribution < -0.4 is 10.5 Å². The highest BCUT2D eigenvalue weighted by Crippen LogP contribution is 2.28. The van der Waals surface area contributed by atoms with Gasteiger partial charge in [0.1, 0.15) is 4.90 Å². The van der Waals surface area contributed by atoms with Crippen LogP contribution in [-0.4, -0.2) is 8.42 Å². The molecule has 0 bridgehead atoms. The number of benzene rings is 1. The number of anilines is 1. The summed E-state index contributed by atoms with van der Waals surface area (Å²) >= 11 is 10.4. The fourth-order valence-electron chi connectivity index (χ4n) is 1.49. The Bertz CT molecular complexity index is 700. The summed E-state index contributed by atoms with van der Waals surface area (Å²) in [6.07, 6.45) is 0. The van der Waals surface area contributed by atoms with Gasteiger partial charge >= 0.3 is 0 Å². The molecule has 0 aliphatic carbocycles. The standard InChI is InChI=1S/C11H10BrClN2O2S2/c12-8-5-7(1-2-9(8)13)15-19(16,17)11-3-4-18-10(11)6-14/h1-5,15H,6,14H2. The SMILES string of the molecule is NCc1sccc1S(=O)(=O)Nc1ccc(Cl)c(Br)c1. The largest absolute Gasteiger partial charge is 0.326 e. The molecule has 2 aromatic rings. The van der Waals surface area contributed by atoms with Gasteiger partial charge < -0.3 is 5.73 Å². The number of hydrogen-bond donors (Lipinski definition) is 2. The molecule has 1 aromatic heterocycles. The molecule has 8 heteroatoms. The minimum Gasteiger partial charge on any atom is -0.326 e. The summed E-state index contributed by atoms with van der Waals surface area (Å²) in [5.74, 6) is 0. The highest BCUT2D eigenvalue weighted by molar-refractivity contribution is 9.10. The summed E-state index contributed by atoms with van der Waals surface area (Å²) < 4.78 is 27.6. The molecule has 102 valence electrons. The Morgan fingerprint density at radius 1 is 1.37 bits per heavy atom. The third-order valence-corrected chi connectivity index (χ3v) is 6.10. The first-order valence-electron chi connectivity index (χ1n) is 5.18. The average molecular weight is 382 g/mol. The molecule has 0 atom stereocenters. The molecule has 0 amide bonds. The Morgan fingerprint density at radius 3 is 2.74 bits per heavy atom. The highest BCUT2D eigenvalue weighted by Gasteiger charge is 2.19. The van der Waals surface area contributed by atoms with E-state index < -0.39 is 10.0 Å². The second-order valence-corrected chi connectivity index (χ2v) is 7.56. The van der Waals surface area contributed by atoms with Crippen LogP contribution in [-0.2, 0) is 16.6 Å². The Balaban J connectivity index is 2.34. The molecule has 0 unspecified atom stereocenters. The molecule has 0 saturated carbocycles. The minimum atomic E-state index is -3.63. The molecule has 0 aliphatic rings. The van der Waals surface area contributed by atoms with Gasteiger partial charge in [0.15, 0.2) is 0 Å². The zero-order valence-corrected chi connectivity index (χ0v) is 13.5. The average Bonchev–Trinajstić information content (AvgIpc) is 2.82. The van der Waals surface area contributed by atoms with Gasteiger partial charge in [0.25, 0.3) is 10.0 Å². The van der Waals surface area contributed by atoms with E-state index in [4.69, 9.17) is 17.3 Å². The van der Waals surface area contributed by atoms with Crippen molar-refractivity contribution in [1.29, 1.82) is 0 Å². The highest BCUT2D eigenvalue weighted by atomic mass is 79.9. The van der Waals surface area contributed by atoms with E-state index in [2.05, 4.69) is 20.7 Å². The van der Waals surface area contributed by atoms with Crippen LogP contribution in [0.5, 0.6) is 0 Å². The minimum absolute atomic E-state index is 0.193. The van der Waals surface area contributed by atoms with Crippen LogP contribution in [0.3, 0.4) is 0 Å². The molecular formula is C11H10BrClN2O2S2. The number of thiophene rings is 1. The molecule has 1 heterocycles. The van der Waals surface area contributed by atoms with E-state index in [1.807, 2.05) is 0 Å². The number of halogens is 2. The van der Waals surface area contributed by atoms with Crippen molar-refractivity contribution in [1.82, 2.24) is 0 Å². The quantitative estimate of drug-likeness (QED) is 0.852. The van der Waals surface area contributed by atoms with Crippen molar-refractivity contribution in [3.05, 3.63) is 44.0 Å². The maximum Gasteiger partial charge on any atom is 0.263 e. The molecule has 3 N–H and O–H groups in total. The summed E-state index contributed by atoms with van der Waals surface area (Å²) in [5.41, 5.74) is 5.96. The summed E-state index contributed by atoms with van der Waals surface area (Å²) in [5, 5.41) is 2.22. The van der Waals surface area contributed by atoms with Gasteiger partial charge in [0, 0.05) is 15.9 Å². The molecule has 0 fully saturated rings. The maximum atomic E-state index is 12.2. The number of nitrogens with two attached hydrogens (primary N) is 1. The fourth-order valence-corrected chi connectivity index (χ4v) is 4.37. The van der Waals surface area contributed by atoms with Crippen LogP contribution in [0.2, 0.25) is 5.02 Å². The zero-order valence-electron chi connectivity index (χ0n) is 9.56. The normalized spacial score (nSPS) is 11.5. The molecular weight excluding hydrogens is 372 g/mol. The Labute approximate surface area is 128 Å². The van der Waals surface area contributed by atoms with E-state index in [1.54, 1.807) is 29.6 Å². The summed E-state index contributed by atoms with van der Waals surface area (Å²) in [6.45, 7) is 0.193. The first-order chi connectivity index (χ1) is 8.94. The third kappa shape index (κ3) is 3.29. The lowest BCUT2D eigenvalue weighted by molar-refractivity contribution is 0.600. The van der Waals surface area contributed by atoms with E-state index >= 15 is 0 Å². The van der Waals surface area contributed by atoms with E-state index in [0.717, 1.165) is 0 Å². The van der Waals surface area contributed by atoms with Crippen molar-refractivity contribution in [3.63, 3.8) is 0 Å². The lowest BCUT2D eigenvalue weighted by Gasteiger charge is -2.09. The van der Waals surface area contributed by atoms with Crippen molar-refractivity contribution >= 4 is 54.6 Å². The van der Waals surface area contributed by atoms with Gasteiger partial charge in [-0.1, -0.05) is 11.6 Å². The van der Waals surface area contributed by atoms with Gasteiger partial charge in [-0.25, -0.2) is 8.42 Å². The van der Waals surface area contributed by atoms with Crippen LogP contribution in [0.1, 0.15) is 4.88 Å². The Kier molecular flexibility index (Phi) is 4.52. The maximum absolute atomic E-state index is 12.2. The van der Waals surface area contributed by atoms with Gasteiger partial charge in [-0.05, 0) is 45.6 Å². The number of sulfonamides is 1. The number of nitrogens with one attached hydrogen (secondary N) is 1. The van der Waals surface area contributed by atoms with Crippen molar-refractivity contribution in [2.45, 2.75) is 11.4 Å². The zero-order chi connectivity index (χ0) is 14.0. The van der Waals surface area contributed by atoms with E-state index in [0.29, 0.717) is 20.1 Å². The van der Waals surface area contributed by atoms with Gasteiger partial charge in [-0.15, -0.1) is 11.3 Å². The predicted octanol–water partition coefficient (Wildman–Crippen LogP) is 3.42. The topological polar surface area (TPSA) is 72.2 Å². The summed E-state index contributed by atoms with van der Waals surface area (Å²) in [7, 11) is -3.63. The number of hydrogen-bond acceptors (Lipinski definition) is 4. The molecule has 19 heavy (non-hydrogen) atoms. The third-order valence-electron chi connectivity index (χ3n) is 2.35. The van der Waals surface area contributed by atoms with Gasteiger partial charge in [-0.3, -0.25) is 4.72 Å². The molecule has 0 radical (unpaired) electrons. The van der Waals surface area contributed by atoms with Gasteiger partial charge in [-0.2, -0.15) is 0 Å². The van der Waals surface area contributed by atoms with Gasteiger partial charge in [0.05, 0.1) is 10.7 Å². The van der Waals surface area contributed by atoms with Crippen molar-refractivity contribution < 1.29 is 8.42 Å². The molecule has 4 nitrogen and oxygen atoms in total. The first-order valence-corrected chi connectivity index (χ1v) is 8.71. The smallest absolute Gasteiger partial charge is 0.263 e. The van der Waals surface area contributed by atoms with E-state index in [-0.39, 0.29) is 11.4 Å². The first kappa shape index (κ1) is 14.8. The summed E-state index contributed by atoms with van der Waals surface area (Å²) in [6, 6.07) is 6.36.